The zero-order chi connectivity index (χ0) is 31.6. The maximum absolute atomic E-state index is 12.6. The molecular formula is C34H42N6O4+2. The zero-order valence-electron chi connectivity index (χ0n) is 26.4. The summed E-state index contributed by atoms with van der Waals surface area (Å²) in [6.07, 6.45) is 8.49. The Balaban J connectivity index is 1.21. The first-order valence-electron chi connectivity index (χ1n) is 14.5. The van der Waals surface area contributed by atoms with E-state index in [1.54, 1.807) is 12.4 Å². The van der Waals surface area contributed by atoms with Crippen LogP contribution in [-0.2, 0) is 14.1 Å². The molecule has 2 aromatic carbocycles. The van der Waals surface area contributed by atoms with Crippen LogP contribution in [0.1, 0.15) is 24.2 Å². The lowest BCUT2D eigenvalue weighted by Crippen LogP contribution is -2.34. The van der Waals surface area contributed by atoms with Crippen LogP contribution in [-0.4, -0.2) is 63.3 Å². The predicted molar refractivity (Wildman–Crippen MR) is 174 cm³/mol. The summed E-state index contributed by atoms with van der Waals surface area (Å²) in [5, 5.41) is 25.3. The molecule has 2 aromatic heterocycles. The first-order chi connectivity index (χ1) is 21.1. The van der Waals surface area contributed by atoms with Crippen LogP contribution in [0.5, 0.6) is 11.5 Å². The molecule has 4 aromatic rings. The van der Waals surface area contributed by atoms with Gasteiger partial charge in [-0.2, -0.15) is 18.6 Å². The fourth-order valence-corrected chi connectivity index (χ4v) is 4.39. The van der Waals surface area contributed by atoms with Crippen molar-refractivity contribution < 1.29 is 28.1 Å². The van der Waals surface area contributed by atoms with E-state index in [9.17, 15) is 10.4 Å². The standard InChI is InChI=1S/C34H42N6O4/c1-35(2)27-9-13-29(14-10-27)39(41)23-31-17-19-33(25-37(31)5)43-21-7-8-22-44-34-20-18-32(38(6)26-34)24-40(42)30-15-11-28(12-16-30)36(3)4/h9-20,23-26H,7-8,21-22H2,1-6H3/q+2. The molecular weight excluding hydrogens is 556 g/mol. The molecule has 0 spiro atoms. The van der Waals surface area contributed by atoms with Crippen molar-refractivity contribution in [1.82, 2.24) is 0 Å². The summed E-state index contributed by atoms with van der Waals surface area (Å²) in [6.45, 7) is 1.10. The largest absolute Gasteiger partial charge is 0.618 e. The van der Waals surface area contributed by atoms with Crippen LogP contribution in [0.25, 0.3) is 0 Å². The molecule has 10 heteroatoms. The van der Waals surface area contributed by atoms with Crippen molar-refractivity contribution in [2.45, 2.75) is 12.8 Å². The highest BCUT2D eigenvalue weighted by atomic mass is 16.5. The average Bonchev–Trinajstić information content (AvgIpc) is 3.01. The van der Waals surface area contributed by atoms with Gasteiger partial charge in [0.25, 0.3) is 23.8 Å². The predicted octanol–water partition coefficient (Wildman–Crippen LogP) is 4.23. The first kappa shape index (κ1) is 31.8. The van der Waals surface area contributed by atoms with Crippen molar-refractivity contribution in [3.63, 3.8) is 0 Å². The normalized spacial score (nSPS) is 11.8. The van der Waals surface area contributed by atoms with Gasteiger partial charge in [0.1, 0.15) is 14.1 Å². The van der Waals surface area contributed by atoms with Gasteiger partial charge in [-0.25, -0.2) is 0 Å². The zero-order valence-corrected chi connectivity index (χ0v) is 26.4. The number of hydrogen-bond acceptors (Lipinski definition) is 6. The van der Waals surface area contributed by atoms with Crippen LogP contribution in [0.2, 0.25) is 0 Å². The fourth-order valence-electron chi connectivity index (χ4n) is 4.39. The Bertz CT molecular complexity index is 1480. The quantitative estimate of drug-likeness (QED) is 0.0753. The molecule has 0 fully saturated rings. The Morgan fingerprint density at radius 2 is 0.955 bits per heavy atom. The lowest BCUT2D eigenvalue weighted by atomic mass is 10.2. The number of ether oxygens (including phenoxy) is 2. The molecule has 0 saturated heterocycles. The minimum absolute atomic E-state index is 0.550. The summed E-state index contributed by atoms with van der Waals surface area (Å²) in [6, 6.07) is 22.4. The van der Waals surface area contributed by atoms with E-state index >= 15 is 0 Å². The van der Waals surface area contributed by atoms with Crippen LogP contribution in [0.15, 0.2) is 85.2 Å². The molecule has 0 aliphatic rings. The summed E-state index contributed by atoms with van der Waals surface area (Å²) in [5.41, 5.74) is 4.73. The number of pyridine rings is 2. The highest BCUT2D eigenvalue weighted by molar-refractivity contribution is 5.72. The Morgan fingerprint density at radius 3 is 1.27 bits per heavy atom. The number of nitrogens with zero attached hydrogens (tertiary/aromatic N) is 6. The van der Waals surface area contributed by atoms with Gasteiger partial charge in [0.2, 0.25) is 23.8 Å². The molecule has 0 bridgehead atoms. The Hall–Kier alpha value is -5.12. The monoisotopic (exact) mass is 598 g/mol. The number of anilines is 2. The summed E-state index contributed by atoms with van der Waals surface area (Å²) < 4.78 is 17.3. The second kappa shape index (κ2) is 14.9. The summed E-state index contributed by atoms with van der Waals surface area (Å²) >= 11 is 0. The van der Waals surface area contributed by atoms with Gasteiger partial charge in [0, 0.05) is 76.0 Å². The smallest absolute Gasteiger partial charge is 0.270 e. The molecule has 0 amide bonds. The molecule has 0 saturated carbocycles. The van der Waals surface area contributed by atoms with Crippen molar-refractivity contribution >= 4 is 35.2 Å². The number of rotatable bonds is 13. The van der Waals surface area contributed by atoms with Crippen molar-refractivity contribution in [2.75, 3.05) is 51.2 Å². The van der Waals surface area contributed by atoms with E-state index in [1.807, 2.05) is 146 Å². The van der Waals surface area contributed by atoms with Crippen molar-refractivity contribution in [3.8, 4) is 11.5 Å². The van der Waals surface area contributed by atoms with Gasteiger partial charge in [-0.1, -0.05) is 0 Å². The van der Waals surface area contributed by atoms with Gasteiger partial charge < -0.3 is 29.7 Å². The van der Waals surface area contributed by atoms with E-state index in [4.69, 9.17) is 9.47 Å². The topological polar surface area (TPSA) is 84.8 Å². The molecule has 0 N–H and O–H groups in total. The molecule has 0 aliphatic carbocycles. The minimum atomic E-state index is 0.550. The molecule has 0 unspecified atom stereocenters. The van der Waals surface area contributed by atoms with E-state index in [0.29, 0.717) is 24.6 Å². The summed E-state index contributed by atoms with van der Waals surface area (Å²) in [7, 11) is 11.6. The number of hydrogen-bond donors (Lipinski definition) is 0. The molecule has 0 aliphatic heterocycles. The van der Waals surface area contributed by atoms with E-state index < -0.39 is 0 Å². The minimum Gasteiger partial charge on any atom is -0.618 e. The van der Waals surface area contributed by atoms with E-state index in [1.165, 1.54) is 0 Å². The third kappa shape index (κ3) is 8.70. The maximum Gasteiger partial charge on any atom is 0.270 e. The lowest BCUT2D eigenvalue weighted by Gasteiger charge is -2.12. The lowest BCUT2D eigenvalue weighted by molar-refractivity contribution is -0.674. The highest BCUT2D eigenvalue weighted by Crippen LogP contribution is 2.19. The second-order valence-electron chi connectivity index (χ2n) is 10.9. The molecule has 0 atom stereocenters. The molecule has 10 nitrogen and oxygen atoms in total. The van der Waals surface area contributed by atoms with Gasteiger partial charge in [-0.15, -0.1) is 0 Å². The van der Waals surface area contributed by atoms with Gasteiger partial charge in [0.05, 0.1) is 13.2 Å². The van der Waals surface area contributed by atoms with E-state index in [2.05, 4.69) is 0 Å². The highest BCUT2D eigenvalue weighted by Gasteiger charge is 2.14. The second-order valence-corrected chi connectivity index (χ2v) is 10.9. The van der Waals surface area contributed by atoms with Gasteiger partial charge in [-0.05, 0) is 49.2 Å². The van der Waals surface area contributed by atoms with Gasteiger partial charge in [0.15, 0.2) is 11.5 Å². The third-order valence-corrected chi connectivity index (χ3v) is 7.11. The van der Waals surface area contributed by atoms with E-state index in [0.717, 1.165) is 56.6 Å². The first-order valence-corrected chi connectivity index (χ1v) is 14.5. The average molecular weight is 599 g/mol. The SMILES string of the molecule is CN(C)c1ccc(/[N+]([O-])=C/c2ccc(OCCCCOc3ccc(/C=[N+](/[O-])c4ccc(N(C)C)cc4)[n+](C)c3)c[n+]2C)cc1. The Kier molecular flexibility index (Phi) is 10.7. The fraction of sp³-hybridized carbons (Fsp3) is 0.294. The molecule has 4 rings (SSSR count). The van der Waals surface area contributed by atoms with E-state index in [-0.39, 0.29) is 0 Å². The number of aromatic nitrogens is 2. The number of benzene rings is 2. The van der Waals surface area contributed by atoms with Crippen LogP contribution in [0, 0.1) is 10.4 Å². The molecule has 230 valence electrons. The summed E-state index contributed by atoms with van der Waals surface area (Å²) in [4.78, 5) is 3.98. The van der Waals surface area contributed by atoms with Crippen molar-refractivity contribution in [1.29, 1.82) is 0 Å². The molecule has 2 heterocycles. The van der Waals surface area contributed by atoms with Gasteiger partial charge >= 0.3 is 0 Å². The Labute approximate surface area is 259 Å². The maximum atomic E-state index is 12.6. The number of aryl methyl sites for hydroxylation is 2. The van der Waals surface area contributed by atoms with Crippen molar-refractivity contribution in [2.24, 2.45) is 14.1 Å². The third-order valence-electron chi connectivity index (χ3n) is 7.11. The van der Waals surface area contributed by atoms with Crippen LogP contribution in [0.3, 0.4) is 0 Å². The Morgan fingerprint density at radius 1 is 0.591 bits per heavy atom. The van der Waals surface area contributed by atoms with Crippen LogP contribution in [0.4, 0.5) is 22.7 Å². The molecule has 44 heavy (non-hydrogen) atoms. The van der Waals surface area contributed by atoms with Crippen molar-refractivity contribution in [3.05, 3.63) is 107 Å². The number of unbranched alkanes of at least 4 members (excludes halogenated alkanes) is 1. The van der Waals surface area contributed by atoms with Crippen LogP contribution >= 0.6 is 0 Å². The van der Waals surface area contributed by atoms with Crippen LogP contribution < -0.4 is 28.4 Å². The summed E-state index contributed by atoms with van der Waals surface area (Å²) in [5.74, 6) is 1.47. The van der Waals surface area contributed by atoms with Gasteiger partial charge in [-0.3, -0.25) is 0 Å². The molecule has 0 radical (unpaired) electrons.